The highest BCUT2D eigenvalue weighted by molar-refractivity contribution is 5.97. The van der Waals surface area contributed by atoms with E-state index >= 15 is 0 Å². The predicted molar refractivity (Wildman–Crippen MR) is 102 cm³/mol. The lowest BCUT2D eigenvalue weighted by Crippen LogP contribution is -2.31. The second-order valence-electron chi connectivity index (χ2n) is 6.29. The van der Waals surface area contributed by atoms with Crippen molar-refractivity contribution in [3.05, 3.63) is 101 Å². The first-order valence-corrected chi connectivity index (χ1v) is 8.73. The smallest absolute Gasteiger partial charge is 0.251 e. The van der Waals surface area contributed by atoms with Crippen LogP contribution in [0.15, 0.2) is 89.1 Å². The number of nitrogens with one attached hydrogen (secondary N) is 1. The summed E-state index contributed by atoms with van der Waals surface area (Å²) in [5, 5.41) is 12.0. The Kier molecular flexibility index (Phi) is 4.56. The number of rotatable bonds is 4. The first-order chi connectivity index (χ1) is 12.8. The minimum Gasteiger partial charge on any atom is -0.352 e. The topological polar surface area (TPSA) is 53.8 Å². The van der Waals surface area contributed by atoms with Crippen LogP contribution >= 0.6 is 0 Å². The molecule has 0 radical (unpaired) electrons. The summed E-state index contributed by atoms with van der Waals surface area (Å²) >= 11 is 0. The fraction of sp³-hybridized carbons (Fsp3) is 0.136. The van der Waals surface area contributed by atoms with Crippen LogP contribution in [0.4, 0.5) is 5.69 Å². The highest BCUT2D eigenvalue weighted by Gasteiger charge is 2.17. The van der Waals surface area contributed by atoms with Gasteiger partial charge in [0.1, 0.15) is 6.04 Å². The predicted octanol–water partition coefficient (Wildman–Crippen LogP) is 4.85. The fourth-order valence-electron chi connectivity index (χ4n) is 3.20. The van der Waals surface area contributed by atoms with Crippen LogP contribution in [0.2, 0.25) is 0 Å². The zero-order valence-corrected chi connectivity index (χ0v) is 14.3. The molecular formula is C22H19N3O. The van der Waals surface area contributed by atoms with Crippen molar-refractivity contribution >= 4 is 11.6 Å². The van der Waals surface area contributed by atoms with E-state index in [0.717, 1.165) is 34.4 Å². The van der Waals surface area contributed by atoms with Crippen molar-refractivity contribution in [2.45, 2.75) is 12.5 Å². The summed E-state index contributed by atoms with van der Waals surface area (Å²) in [5.41, 5.74) is 4.73. The molecule has 1 aliphatic heterocycles. The number of fused-ring (bicyclic) bond motifs is 1. The van der Waals surface area contributed by atoms with Gasteiger partial charge >= 0.3 is 0 Å². The van der Waals surface area contributed by atoms with E-state index in [1.165, 1.54) is 0 Å². The molecule has 0 fully saturated rings. The highest BCUT2D eigenvalue weighted by Crippen LogP contribution is 2.29. The molecule has 0 unspecified atom stereocenters. The van der Waals surface area contributed by atoms with Crippen molar-refractivity contribution in [2.75, 3.05) is 6.54 Å². The highest BCUT2D eigenvalue weighted by atomic mass is 16.1. The van der Waals surface area contributed by atoms with Gasteiger partial charge in [0.2, 0.25) is 0 Å². The maximum Gasteiger partial charge on any atom is 0.251 e. The largest absolute Gasteiger partial charge is 0.352 e. The number of nitrogens with zero attached hydrogens (tertiary/aromatic N) is 2. The normalized spacial score (nSPS) is 13.7. The Morgan fingerprint density at radius 3 is 2.15 bits per heavy atom. The van der Waals surface area contributed by atoms with Gasteiger partial charge in [0.25, 0.3) is 5.91 Å². The lowest BCUT2D eigenvalue weighted by Gasteiger charge is -2.16. The maximum atomic E-state index is 11.9. The van der Waals surface area contributed by atoms with Crippen LogP contribution in [0.1, 0.15) is 33.1 Å². The van der Waals surface area contributed by atoms with Crippen LogP contribution in [-0.2, 0) is 6.42 Å². The second kappa shape index (κ2) is 7.31. The zero-order chi connectivity index (χ0) is 17.8. The lowest BCUT2D eigenvalue weighted by molar-refractivity contribution is 0.0946. The van der Waals surface area contributed by atoms with Crippen LogP contribution in [-0.4, -0.2) is 12.5 Å². The standard InChI is InChI=1S/C22H19N3O/c26-22-20-12-11-19(15-18(20)13-14-23-22)24-25-21(16-7-3-1-4-8-16)17-9-5-2-6-10-17/h1-12,15,21H,13-14H2,(H,23,26). The van der Waals surface area contributed by atoms with Gasteiger partial charge in [0, 0.05) is 12.1 Å². The van der Waals surface area contributed by atoms with Gasteiger partial charge in [-0.2, -0.15) is 10.2 Å². The van der Waals surface area contributed by atoms with Crippen LogP contribution in [0.5, 0.6) is 0 Å². The summed E-state index contributed by atoms with van der Waals surface area (Å²) in [6.45, 7) is 0.670. The minimum atomic E-state index is -0.156. The van der Waals surface area contributed by atoms with Gasteiger partial charge in [-0.25, -0.2) is 0 Å². The Morgan fingerprint density at radius 2 is 1.50 bits per heavy atom. The molecule has 0 saturated heterocycles. The molecule has 0 atom stereocenters. The van der Waals surface area contributed by atoms with E-state index in [-0.39, 0.29) is 11.9 Å². The van der Waals surface area contributed by atoms with Crippen molar-refractivity contribution in [1.29, 1.82) is 0 Å². The Bertz CT molecular complexity index is 897. The fourth-order valence-corrected chi connectivity index (χ4v) is 3.20. The van der Waals surface area contributed by atoms with Crippen LogP contribution in [0.3, 0.4) is 0 Å². The molecule has 3 aromatic carbocycles. The van der Waals surface area contributed by atoms with Crippen molar-refractivity contribution < 1.29 is 4.79 Å². The first kappa shape index (κ1) is 16.2. The molecule has 1 N–H and O–H groups in total. The minimum absolute atomic E-state index is 0.0128. The lowest BCUT2D eigenvalue weighted by atomic mass is 9.99. The maximum absolute atomic E-state index is 11.9. The van der Waals surface area contributed by atoms with Crippen molar-refractivity contribution in [1.82, 2.24) is 5.32 Å². The summed E-state index contributed by atoms with van der Waals surface area (Å²) in [6.07, 6.45) is 0.825. The number of benzene rings is 3. The zero-order valence-electron chi connectivity index (χ0n) is 14.3. The number of azo groups is 1. The van der Waals surface area contributed by atoms with Gasteiger partial charge in [0.05, 0.1) is 5.69 Å². The molecule has 0 saturated carbocycles. The molecular weight excluding hydrogens is 322 g/mol. The summed E-state index contributed by atoms with van der Waals surface area (Å²) in [4.78, 5) is 11.9. The summed E-state index contributed by atoms with van der Waals surface area (Å²) in [7, 11) is 0. The quantitative estimate of drug-likeness (QED) is 0.678. The molecule has 1 heterocycles. The number of hydrogen-bond acceptors (Lipinski definition) is 3. The van der Waals surface area contributed by atoms with E-state index in [1.807, 2.05) is 54.6 Å². The Balaban J connectivity index is 1.67. The monoisotopic (exact) mass is 341 g/mol. The Labute approximate surface area is 152 Å². The van der Waals surface area contributed by atoms with Crippen LogP contribution in [0.25, 0.3) is 0 Å². The van der Waals surface area contributed by atoms with Crippen molar-refractivity contribution in [2.24, 2.45) is 10.2 Å². The SMILES string of the molecule is O=C1NCCc2cc(N=NC(c3ccccc3)c3ccccc3)ccc21. The molecule has 4 nitrogen and oxygen atoms in total. The third-order valence-electron chi connectivity index (χ3n) is 4.53. The number of carbonyl (C=O) groups is 1. The van der Waals surface area contributed by atoms with Crippen molar-refractivity contribution in [3.63, 3.8) is 0 Å². The van der Waals surface area contributed by atoms with E-state index in [0.29, 0.717) is 6.54 Å². The molecule has 0 aromatic heterocycles. The van der Waals surface area contributed by atoms with E-state index in [4.69, 9.17) is 0 Å². The molecule has 1 amide bonds. The van der Waals surface area contributed by atoms with Gasteiger partial charge in [0.15, 0.2) is 0 Å². The van der Waals surface area contributed by atoms with Gasteiger partial charge in [-0.3, -0.25) is 4.79 Å². The van der Waals surface area contributed by atoms with E-state index in [9.17, 15) is 4.79 Å². The molecule has 0 aliphatic carbocycles. The average molecular weight is 341 g/mol. The van der Waals surface area contributed by atoms with Crippen molar-refractivity contribution in [3.8, 4) is 0 Å². The third kappa shape index (κ3) is 3.40. The molecule has 1 aliphatic rings. The summed E-state index contributed by atoms with van der Waals surface area (Å²) in [6, 6.07) is 25.8. The van der Waals surface area contributed by atoms with Gasteiger partial charge < -0.3 is 5.32 Å². The molecule has 0 spiro atoms. The number of carbonyl (C=O) groups excluding carboxylic acids is 1. The van der Waals surface area contributed by atoms with E-state index in [1.54, 1.807) is 0 Å². The third-order valence-corrected chi connectivity index (χ3v) is 4.53. The molecule has 4 heteroatoms. The van der Waals surface area contributed by atoms with Gasteiger partial charge in [-0.1, -0.05) is 60.7 Å². The Hall–Kier alpha value is -3.27. The summed E-state index contributed by atoms with van der Waals surface area (Å²) in [5.74, 6) is -0.0128. The molecule has 3 aromatic rings. The molecule has 128 valence electrons. The van der Waals surface area contributed by atoms with E-state index in [2.05, 4.69) is 39.8 Å². The Morgan fingerprint density at radius 1 is 0.846 bits per heavy atom. The van der Waals surface area contributed by atoms with Gasteiger partial charge in [-0.05, 0) is 41.3 Å². The molecule has 4 rings (SSSR count). The van der Waals surface area contributed by atoms with Crippen LogP contribution in [0, 0.1) is 0 Å². The first-order valence-electron chi connectivity index (χ1n) is 8.73. The number of amides is 1. The average Bonchev–Trinajstić information content (AvgIpc) is 2.70. The molecule has 0 bridgehead atoms. The molecule has 26 heavy (non-hydrogen) atoms. The van der Waals surface area contributed by atoms with Crippen LogP contribution < -0.4 is 5.32 Å². The van der Waals surface area contributed by atoms with Gasteiger partial charge in [-0.15, -0.1) is 0 Å². The number of hydrogen-bond donors (Lipinski definition) is 1. The summed E-state index contributed by atoms with van der Waals surface area (Å²) < 4.78 is 0. The second-order valence-corrected chi connectivity index (χ2v) is 6.29. The van der Waals surface area contributed by atoms with E-state index < -0.39 is 0 Å².